The van der Waals surface area contributed by atoms with Crippen LogP contribution in [0.2, 0.25) is 0 Å². The topological polar surface area (TPSA) is 20.2 Å². The molecule has 1 rings (SSSR count). The van der Waals surface area contributed by atoms with Gasteiger partial charge in [-0.05, 0) is 37.0 Å². The predicted octanol–water partition coefficient (Wildman–Crippen LogP) is 9.67. The van der Waals surface area contributed by atoms with E-state index in [1.165, 1.54) is 128 Å². The van der Waals surface area contributed by atoms with Crippen molar-refractivity contribution in [2.45, 2.75) is 142 Å². The fourth-order valence-electron chi connectivity index (χ4n) is 4.28. The van der Waals surface area contributed by atoms with Gasteiger partial charge in [0.1, 0.15) is 5.75 Å². The van der Waals surface area contributed by atoms with Crippen molar-refractivity contribution in [2.24, 2.45) is 0 Å². The van der Waals surface area contributed by atoms with E-state index in [0.29, 0.717) is 5.75 Å². The molecule has 0 aromatic heterocycles. The Balaban J connectivity index is 1.74. The van der Waals surface area contributed by atoms with Gasteiger partial charge in [0, 0.05) is 0 Å². The summed E-state index contributed by atoms with van der Waals surface area (Å²) in [6.07, 6.45) is 28.3. The summed E-state index contributed by atoms with van der Waals surface area (Å²) < 4.78 is 0. The SMILES string of the molecule is CCCCCCCCCCCCCCCCCCCCCc1ccc(O)c(C)c1. The fourth-order valence-corrected chi connectivity index (χ4v) is 4.28. The molecule has 0 aliphatic heterocycles. The van der Waals surface area contributed by atoms with Crippen LogP contribution in [0.25, 0.3) is 0 Å². The van der Waals surface area contributed by atoms with Gasteiger partial charge in [0.25, 0.3) is 0 Å². The van der Waals surface area contributed by atoms with Crippen LogP contribution in [0.1, 0.15) is 140 Å². The zero-order chi connectivity index (χ0) is 21.0. The number of phenolic OH excluding ortho intramolecular Hbond substituents is 1. The lowest BCUT2D eigenvalue weighted by molar-refractivity contribution is 0.470. The van der Waals surface area contributed by atoms with Crippen molar-refractivity contribution in [2.75, 3.05) is 0 Å². The molecule has 0 saturated carbocycles. The first-order chi connectivity index (χ1) is 14.2. The molecule has 1 aromatic carbocycles. The highest BCUT2D eigenvalue weighted by atomic mass is 16.3. The van der Waals surface area contributed by atoms with Gasteiger partial charge in [-0.1, -0.05) is 135 Å². The van der Waals surface area contributed by atoms with Crippen LogP contribution in [0.3, 0.4) is 0 Å². The molecule has 0 aliphatic carbocycles. The van der Waals surface area contributed by atoms with Gasteiger partial charge in [0.05, 0.1) is 0 Å². The Labute approximate surface area is 182 Å². The predicted molar refractivity (Wildman–Crippen MR) is 130 cm³/mol. The molecular formula is C28H50O. The van der Waals surface area contributed by atoms with Crippen LogP contribution in [0.5, 0.6) is 5.75 Å². The molecule has 0 bridgehead atoms. The Morgan fingerprint density at radius 3 is 1.31 bits per heavy atom. The van der Waals surface area contributed by atoms with Crippen LogP contribution in [0, 0.1) is 6.92 Å². The lowest BCUT2D eigenvalue weighted by Gasteiger charge is -2.05. The zero-order valence-electron chi connectivity index (χ0n) is 19.8. The number of aryl methyl sites for hydroxylation is 2. The fraction of sp³-hybridized carbons (Fsp3) is 0.786. The van der Waals surface area contributed by atoms with E-state index in [4.69, 9.17) is 0 Å². The molecule has 0 fully saturated rings. The van der Waals surface area contributed by atoms with E-state index in [9.17, 15) is 5.11 Å². The third-order valence-corrected chi connectivity index (χ3v) is 6.33. The van der Waals surface area contributed by atoms with Gasteiger partial charge in [-0.25, -0.2) is 0 Å². The van der Waals surface area contributed by atoms with Gasteiger partial charge >= 0.3 is 0 Å². The minimum atomic E-state index is 0.418. The highest BCUT2D eigenvalue weighted by Crippen LogP contribution is 2.19. The van der Waals surface area contributed by atoms with E-state index >= 15 is 0 Å². The van der Waals surface area contributed by atoms with Crippen molar-refractivity contribution in [3.63, 3.8) is 0 Å². The maximum atomic E-state index is 9.58. The molecule has 0 unspecified atom stereocenters. The van der Waals surface area contributed by atoms with Crippen molar-refractivity contribution >= 4 is 0 Å². The first-order valence-corrected chi connectivity index (χ1v) is 13.0. The van der Waals surface area contributed by atoms with Crippen molar-refractivity contribution in [1.29, 1.82) is 0 Å². The summed E-state index contributed by atoms with van der Waals surface area (Å²) in [7, 11) is 0. The molecule has 0 spiro atoms. The summed E-state index contributed by atoms with van der Waals surface area (Å²) in [5.41, 5.74) is 2.37. The van der Waals surface area contributed by atoms with Gasteiger partial charge in [-0.2, -0.15) is 0 Å². The molecule has 1 heteroatoms. The molecule has 1 nitrogen and oxygen atoms in total. The van der Waals surface area contributed by atoms with Crippen LogP contribution >= 0.6 is 0 Å². The summed E-state index contributed by atoms with van der Waals surface area (Å²) in [5, 5.41) is 9.58. The molecule has 0 heterocycles. The molecule has 0 radical (unpaired) electrons. The van der Waals surface area contributed by atoms with E-state index in [-0.39, 0.29) is 0 Å². The number of benzene rings is 1. The van der Waals surface area contributed by atoms with Gasteiger partial charge in [0.15, 0.2) is 0 Å². The molecule has 1 N–H and O–H groups in total. The Hall–Kier alpha value is -0.980. The molecule has 1 aromatic rings. The summed E-state index contributed by atoms with van der Waals surface area (Å²) in [5.74, 6) is 0.418. The van der Waals surface area contributed by atoms with E-state index in [1.807, 2.05) is 13.0 Å². The lowest BCUT2D eigenvalue weighted by atomic mass is 10.0. The Kier molecular flexibility index (Phi) is 17.1. The number of aromatic hydroxyl groups is 1. The highest BCUT2D eigenvalue weighted by Gasteiger charge is 1.99. The molecule has 0 saturated heterocycles. The van der Waals surface area contributed by atoms with Crippen LogP contribution in [0.4, 0.5) is 0 Å². The zero-order valence-corrected chi connectivity index (χ0v) is 19.8. The third-order valence-electron chi connectivity index (χ3n) is 6.33. The number of phenols is 1. The lowest BCUT2D eigenvalue weighted by Crippen LogP contribution is -1.88. The standard InChI is InChI=1S/C28H50O/c1-3-4-5-6-7-8-9-10-11-12-13-14-15-16-17-18-19-20-21-22-27-23-24-28(29)26(2)25-27/h23-25,29H,3-22H2,1-2H3. The van der Waals surface area contributed by atoms with Crippen molar-refractivity contribution in [3.8, 4) is 5.75 Å². The van der Waals surface area contributed by atoms with Crippen LogP contribution in [-0.2, 0) is 6.42 Å². The summed E-state index contributed by atoms with van der Waals surface area (Å²) in [4.78, 5) is 0. The van der Waals surface area contributed by atoms with Gasteiger partial charge in [-0.15, -0.1) is 0 Å². The van der Waals surface area contributed by atoms with E-state index in [1.54, 1.807) is 0 Å². The molecule has 0 amide bonds. The average Bonchev–Trinajstić information content (AvgIpc) is 2.72. The minimum Gasteiger partial charge on any atom is -0.508 e. The second-order valence-electron chi connectivity index (χ2n) is 9.23. The summed E-state index contributed by atoms with van der Waals surface area (Å²) >= 11 is 0. The van der Waals surface area contributed by atoms with Crippen molar-refractivity contribution < 1.29 is 5.11 Å². The average molecular weight is 403 g/mol. The third kappa shape index (κ3) is 15.5. The first-order valence-electron chi connectivity index (χ1n) is 13.0. The minimum absolute atomic E-state index is 0.418. The first kappa shape index (κ1) is 26.1. The maximum absolute atomic E-state index is 9.58. The Morgan fingerprint density at radius 2 is 0.931 bits per heavy atom. The Morgan fingerprint density at radius 1 is 0.552 bits per heavy atom. The normalized spacial score (nSPS) is 11.2. The molecule has 29 heavy (non-hydrogen) atoms. The number of unbranched alkanes of at least 4 members (excludes halogenated alkanes) is 18. The van der Waals surface area contributed by atoms with Crippen LogP contribution < -0.4 is 0 Å². The smallest absolute Gasteiger partial charge is 0.118 e. The van der Waals surface area contributed by atoms with Gasteiger partial charge in [0.2, 0.25) is 0 Å². The summed E-state index contributed by atoms with van der Waals surface area (Å²) in [6.45, 7) is 4.28. The van der Waals surface area contributed by atoms with Crippen LogP contribution in [0.15, 0.2) is 18.2 Å². The number of rotatable bonds is 20. The van der Waals surface area contributed by atoms with E-state index < -0.39 is 0 Å². The molecule has 0 aliphatic rings. The Bertz CT molecular complexity index is 479. The van der Waals surface area contributed by atoms with E-state index in [0.717, 1.165) is 12.0 Å². The highest BCUT2D eigenvalue weighted by molar-refractivity contribution is 5.34. The quantitative estimate of drug-likeness (QED) is 0.215. The number of hydrogen-bond donors (Lipinski definition) is 1. The van der Waals surface area contributed by atoms with Gasteiger partial charge in [-0.3, -0.25) is 0 Å². The maximum Gasteiger partial charge on any atom is 0.118 e. The van der Waals surface area contributed by atoms with Crippen molar-refractivity contribution in [1.82, 2.24) is 0 Å². The molecule has 0 atom stereocenters. The second-order valence-corrected chi connectivity index (χ2v) is 9.23. The van der Waals surface area contributed by atoms with Gasteiger partial charge < -0.3 is 5.11 Å². The van der Waals surface area contributed by atoms with Crippen molar-refractivity contribution in [3.05, 3.63) is 29.3 Å². The summed E-state index contributed by atoms with van der Waals surface area (Å²) in [6, 6.07) is 6.03. The second kappa shape index (κ2) is 19.0. The molecular weight excluding hydrogens is 352 g/mol. The van der Waals surface area contributed by atoms with E-state index in [2.05, 4.69) is 19.1 Å². The monoisotopic (exact) mass is 402 g/mol. The largest absolute Gasteiger partial charge is 0.508 e. The molecule has 168 valence electrons. The van der Waals surface area contributed by atoms with Crippen LogP contribution in [-0.4, -0.2) is 5.11 Å². The number of hydrogen-bond acceptors (Lipinski definition) is 1.